The number of benzene rings is 1. The minimum atomic E-state index is -0.835. The standard InChI is InChI=1S/C15H21NO4/c1-15(2,3)20-10-13(17)16-12-6-4-5-11(9-12)7-8-14(18)19/h4-6,9H,7-8,10H2,1-3H3,(H,16,17)(H,18,19). The molecule has 0 aromatic heterocycles. The summed E-state index contributed by atoms with van der Waals surface area (Å²) in [5.41, 5.74) is 1.16. The fourth-order valence-corrected chi connectivity index (χ4v) is 1.53. The second-order valence-corrected chi connectivity index (χ2v) is 5.54. The van der Waals surface area contributed by atoms with Crippen molar-refractivity contribution in [3.05, 3.63) is 29.8 Å². The number of aryl methyl sites for hydroxylation is 1. The average molecular weight is 279 g/mol. The molecule has 0 aliphatic carbocycles. The molecule has 1 aromatic carbocycles. The first kappa shape index (κ1) is 16.2. The fourth-order valence-electron chi connectivity index (χ4n) is 1.53. The van der Waals surface area contributed by atoms with Crippen LogP contribution in [0, 0.1) is 0 Å². The van der Waals surface area contributed by atoms with Crippen molar-refractivity contribution in [2.75, 3.05) is 11.9 Å². The van der Waals surface area contributed by atoms with E-state index in [9.17, 15) is 9.59 Å². The molecular weight excluding hydrogens is 258 g/mol. The summed E-state index contributed by atoms with van der Waals surface area (Å²) in [7, 11) is 0. The molecule has 5 heteroatoms. The van der Waals surface area contributed by atoms with Crippen LogP contribution in [0.3, 0.4) is 0 Å². The molecule has 110 valence electrons. The summed E-state index contributed by atoms with van der Waals surface area (Å²) >= 11 is 0. The number of carboxylic acids is 1. The summed E-state index contributed by atoms with van der Waals surface area (Å²) in [6.45, 7) is 5.63. The molecule has 20 heavy (non-hydrogen) atoms. The maximum Gasteiger partial charge on any atom is 0.303 e. The highest BCUT2D eigenvalue weighted by molar-refractivity contribution is 5.91. The van der Waals surface area contributed by atoms with E-state index in [2.05, 4.69) is 5.32 Å². The third kappa shape index (κ3) is 6.89. The predicted molar refractivity (Wildman–Crippen MR) is 76.7 cm³/mol. The van der Waals surface area contributed by atoms with E-state index in [0.29, 0.717) is 12.1 Å². The molecule has 5 nitrogen and oxygen atoms in total. The van der Waals surface area contributed by atoms with Gasteiger partial charge in [-0.1, -0.05) is 12.1 Å². The molecular formula is C15H21NO4. The molecule has 1 rings (SSSR count). The number of nitrogens with one attached hydrogen (secondary N) is 1. The molecule has 0 fully saturated rings. The molecule has 0 saturated heterocycles. The number of aliphatic carboxylic acids is 1. The van der Waals surface area contributed by atoms with Gasteiger partial charge in [-0.3, -0.25) is 9.59 Å². The number of carbonyl (C=O) groups is 2. The summed E-state index contributed by atoms with van der Waals surface area (Å²) in [6, 6.07) is 7.17. The normalized spacial score (nSPS) is 11.2. The second kappa shape index (κ2) is 7.05. The van der Waals surface area contributed by atoms with Gasteiger partial charge in [0.25, 0.3) is 0 Å². The maximum atomic E-state index is 11.7. The van der Waals surface area contributed by atoms with E-state index >= 15 is 0 Å². The number of carbonyl (C=O) groups excluding carboxylic acids is 1. The van der Waals surface area contributed by atoms with Crippen LogP contribution in [0.1, 0.15) is 32.8 Å². The maximum absolute atomic E-state index is 11.7. The number of amides is 1. The Bertz CT molecular complexity index is 477. The van der Waals surface area contributed by atoms with Gasteiger partial charge in [0.15, 0.2) is 0 Å². The number of hydrogen-bond donors (Lipinski definition) is 2. The van der Waals surface area contributed by atoms with Gasteiger partial charge >= 0.3 is 5.97 Å². The molecule has 0 bridgehead atoms. The summed E-state index contributed by atoms with van der Waals surface area (Å²) in [4.78, 5) is 22.2. The first-order valence-corrected chi connectivity index (χ1v) is 6.51. The van der Waals surface area contributed by atoms with E-state index in [0.717, 1.165) is 5.56 Å². The van der Waals surface area contributed by atoms with E-state index in [1.165, 1.54) is 0 Å². The van der Waals surface area contributed by atoms with E-state index in [-0.39, 0.29) is 24.5 Å². The molecule has 0 spiro atoms. The second-order valence-electron chi connectivity index (χ2n) is 5.54. The van der Waals surface area contributed by atoms with Crippen LogP contribution in [-0.2, 0) is 20.7 Å². The van der Waals surface area contributed by atoms with Gasteiger partial charge in [0.05, 0.1) is 5.60 Å². The smallest absolute Gasteiger partial charge is 0.303 e. The van der Waals surface area contributed by atoms with Gasteiger partial charge in [-0.05, 0) is 44.9 Å². The molecule has 1 aromatic rings. The zero-order chi connectivity index (χ0) is 15.2. The largest absolute Gasteiger partial charge is 0.481 e. The Morgan fingerprint density at radius 3 is 2.60 bits per heavy atom. The Hall–Kier alpha value is -1.88. The average Bonchev–Trinajstić information content (AvgIpc) is 2.34. The topological polar surface area (TPSA) is 75.6 Å². The fraction of sp³-hybridized carbons (Fsp3) is 0.467. The Balaban J connectivity index is 2.53. The minimum Gasteiger partial charge on any atom is -0.481 e. The van der Waals surface area contributed by atoms with Gasteiger partial charge in [-0.15, -0.1) is 0 Å². The molecule has 0 atom stereocenters. The van der Waals surface area contributed by atoms with Crippen LogP contribution in [-0.4, -0.2) is 29.2 Å². The molecule has 0 radical (unpaired) electrons. The highest BCUT2D eigenvalue weighted by atomic mass is 16.5. The van der Waals surface area contributed by atoms with Crippen LogP contribution in [0.15, 0.2) is 24.3 Å². The van der Waals surface area contributed by atoms with Crippen LogP contribution >= 0.6 is 0 Å². The minimum absolute atomic E-state index is 0.0111. The molecule has 0 unspecified atom stereocenters. The Morgan fingerprint density at radius 1 is 1.30 bits per heavy atom. The molecule has 0 aliphatic rings. The number of hydrogen-bond acceptors (Lipinski definition) is 3. The number of ether oxygens (including phenoxy) is 1. The summed E-state index contributed by atoms with van der Waals surface area (Å²) in [6.07, 6.45) is 0.516. The zero-order valence-corrected chi connectivity index (χ0v) is 12.1. The SMILES string of the molecule is CC(C)(C)OCC(=O)Nc1cccc(CCC(=O)O)c1. The van der Waals surface area contributed by atoms with Crippen molar-refractivity contribution in [2.45, 2.75) is 39.2 Å². The van der Waals surface area contributed by atoms with E-state index in [1.807, 2.05) is 26.8 Å². The lowest BCUT2D eigenvalue weighted by Gasteiger charge is -2.19. The van der Waals surface area contributed by atoms with E-state index < -0.39 is 5.97 Å². The van der Waals surface area contributed by atoms with E-state index in [4.69, 9.17) is 9.84 Å². The van der Waals surface area contributed by atoms with Gasteiger partial charge in [-0.2, -0.15) is 0 Å². The van der Waals surface area contributed by atoms with Crippen LogP contribution in [0.5, 0.6) is 0 Å². The molecule has 1 amide bonds. The van der Waals surface area contributed by atoms with Crippen molar-refractivity contribution >= 4 is 17.6 Å². The van der Waals surface area contributed by atoms with Crippen LogP contribution in [0.2, 0.25) is 0 Å². The van der Waals surface area contributed by atoms with Crippen molar-refractivity contribution < 1.29 is 19.4 Å². The Labute approximate surface area is 118 Å². The zero-order valence-electron chi connectivity index (χ0n) is 12.1. The highest BCUT2D eigenvalue weighted by Gasteiger charge is 2.13. The third-order valence-corrected chi connectivity index (χ3v) is 2.47. The monoisotopic (exact) mass is 279 g/mol. The van der Waals surface area contributed by atoms with Crippen molar-refractivity contribution in [2.24, 2.45) is 0 Å². The summed E-state index contributed by atoms with van der Waals surface area (Å²) in [5.74, 6) is -1.06. The number of rotatable bonds is 6. The van der Waals surface area contributed by atoms with Crippen molar-refractivity contribution in [3.8, 4) is 0 Å². The van der Waals surface area contributed by atoms with Crippen LogP contribution in [0.4, 0.5) is 5.69 Å². The van der Waals surface area contributed by atoms with E-state index in [1.54, 1.807) is 18.2 Å². The first-order valence-electron chi connectivity index (χ1n) is 6.51. The van der Waals surface area contributed by atoms with Crippen LogP contribution < -0.4 is 5.32 Å². The van der Waals surface area contributed by atoms with Crippen molar-refractivity contribution in [1.82, 2.24) is 0 Å². The quantitative estimate of drug-likeness (QED) is 0.838. The van der Waals surface area contributed by atoms with Crippen molar-refractivity contribution in [3.63, 3.8) is 0 Å². The van der Waals surface area contributed by atoms with Crippen molar-refractivity contribution in [1.29, 1.82) is 0 Å². The summed E-state index contributed by atoms with van der Waals surface area (Å²) < 4.78 is 5.38. The highest BCUT2D eigenvalue weighted by Crippen LogP contribution is 2.13. The van der Waals surface area contributed by atoms with Gasteiger partial charge in [-0.25, -0.2) is 0 Å². The molecule has 0 heterocycles. The number of anilines is 1. The Morgan fingerprint density at radius 2 is 2.00 bits per heavy atom. The molecule has 2 N–H and O–H groups in total. The van der Waals surface area contributed by atoms with Gasteiger partial charge in [0, 0.05) is 12.1 Å². The predicted octanol–water partition coefficient (Wildman–Crippen LogP) is 2.46. The molecule has 0 saturated carbocycles. The Kier molecular flexibility index (Phi) is 5.70. The third-order valence-electron chi connectivity index (χ3n) is 2.47. The summed E-state index contributed by atoms with van der Waals surface area (Å²) in [5, 5.41) is 11.4. The molecule has 0 aliphatic heterocycles. The lowest BCUT2D eigenvalue weighted by atomic mass is 10.1. The van der Waals surface area contributed by atoms with Gasteiger partial charge in [0.1, 0.15) is 6.61 Å². The van der Waals surface area contributed by atoms with Gasteiger partial charge < -0.3 is 15.2 Å². The lowest BCUT2D eigenvalue weighted by Crippen LogP contribution is -2.27. The van der Waals surface area contributed by atoms with Crippen LogP contribution in [0.25, 0.3) is 0 Å². The van der Waals surface area contributed by atoms with Gasteiger partial charge in [0.2, 0.25) is 5.91 Å². The number of carboxylic acid groups (broad SMARTS) is 1. The lowest BCUT2D eigenvalue weighted by molar-refractivity contribution is -0.137. The first-order chi connectivity index (χ1) is 9.26.